The third-order valence-corrected chi connectivity index (χ3v) is 2.51. The van der Waals surface area contributed by atoms with E-state index in [2.05, 4.69) is 10.3 Å². The summed E-state index contributed by atoms with van der Waals surface area (Å²) in [7, 11) is 0. The zero-order chi connectivity index (χ0) is 13.0. The summed E-state index contributed by atoms with van der Waals surface area (Å²) in [5.74, 6) is 0.508. The summed E-state index contributed by atoms with van der Waals surface area (Å²) < 4.78 is 5.37. The molecule has 0 bridgehead atoms. The lowest BCUT2D eigenvalue weighted by Crippen LogP contribution is -2.22. The summed E-state index contributed by atoms with van der Waals surface area (Å²) in [6.45, 7) is 2.23. The molecular formula is C13H13N3O2. The highest BCUT2D eigenvalue weighted by atomic mass is 16.3. The Kier molecular flexibility index (Phi) is 3.58. The van der Waals surface area contributed by atoms with Gasteiger partial charge in [-0.25, -0.2) is 4.98 Å². The SMILES string of the molecule is Cc1nc2cc(CNC(=O)CCC#N)ccc2o1. The lowest BCUT2D eigenvalue weighted by atomic mass is 10.2. The molecule has 0 atom stereocenters. The van der Waals surface area contributed by atoms with Crippen molar-refractivity contribution in [1.82, 2.24) is 10.3 Å². The standard InChI is InChI=1S/C13H13N3O2/c1-9-16-11-7-10(4-5-12(11)18-9)8-15-13(17)3-2-6-14/h4-5,7H,2-3,8H2,1H3,(H,15,17). The molecule has 18 heavy (non-hydrogen) atoms. The van der Waals surface area contributed by atoms with Crippen molar-refractivity contribution in [3.8, 4) is 6.07 Å². The number of hydrogen-bond donors (Lipinski definition) is 1. The van der Waals surface area contributed by atoms with Crippen molar-refractivity contribution >= 4 is 17.0 Å². The number of hydrogen-bond acceptors (Lipinski definition) is 4. The second-order valence-corrected chi connectivity index (χ2v) is 3.97. The van der Waals surface area contributed by atoms with Crippen LogP contribution in [-0.2, 0) is 11.3 Å². The molecule has 2 aromatic rings. The van der Waals surface area contributed by atoms with Crippen LogP contribution in [0.4, 0.5) is 0 Å². The molecule has 0 saturated heterocycles. The van der Waals surface area contributed by atoms with Gasteiger partial charge in [-0.1, -0.05) is 6.07 Å². The van der Waals surface area contributed by atoms with Gasteiger partial charge < -0.3 is 9.73 Å². The maximum Gasteiger partial charge on any atom is 0.221 e. The van der Waals surface area contributed by atoms with E-state index < -0.39 is 0 Å². The Labute approximate surface area is 104 Å². The summed E-state index contributed by atoms with van der Waals surface area (Å²) in [6, 6.07) is 7.55. The first-order valence-electron chi connectivity index (χ1n) is 5.69. The number of rotatable bonds is 4. The number of nitrogens with zero attached hydrogens (tertiary/aromatic N) is 2. The van der Waals surface area contributed by atoms with Gasteiger partial charge in [-0.05, 0) is 17.7 Å². The molecule has 0 saturated carbocycles. The molecule has 0 fully saturated rings. The summed E-state index contributed by atoms with van der Waals surface area (Å²) in [6.07, 6.45) is 0.481. The van der Waals surface area contributed by atoms with E-state index in [0.29, 0.717) is 12.4 Å². The number of fused-ring (bicyclic) bond motifs is 1. The Hall–Kier alpha value is -2.35. The van der Waals surface area contributed by atoms with Gasteiger partial charge in [-0.3, -0.25) is 4.79 Å². The first-order valence-corrected chi connectivity index (χ1v) is 5.69. The smallest absolute Gasteiger partial charge is 0.221 e. The number of aromatic nitrogens is 1. The first-order chi connectivity index (χ1) is 8.69. The normalized spacial score (nSPS) is 10.2. The van der Waals surface area contributed by atoms with Crippen LogP contribution >= 0.6 is 0 Å². The van der Waals surface area contributed by atoms with Crippen molar-refractivity contribution in [2.24, 2.45) is 0 Å². The minimum atomic E-state index is -0.118. The molecule has 1 heterocycles. The first kappa shape index (κ1) is 12.1. The zero-order valence-corrected chi connectivity index (χ0v) is 10.1. The van der Waals surface area contributed by atoms with E-state index in [1.54, 1.807) is 6.92 Å². The second kappa shape index (κ2) is 5.32. The van der Waals surface area contributed by atoms with Gasteiger partial charge in [0.05, 0.1) is 6.07 Å². The van der Waals surface area contributed by atoms with Crippen molar-refractivity contribution in [3.05, 3.63) is 29.7 Å². The quantitative estimate of drug-likeness (QED) is 0.891. The lowest BCUT2D eigenvalue weighted by molar-refractivity contribution is -0.121. The summed E-state index contributed by atoms with van der Waals surface area (Å²) in [5.41, 5.74) is 2.49. The molecule has 1 aromatic heterocycles. The van der Waals surface area contributed by atoms with E-state index >= 15 is 0 Å². The zero-order valence-electron chi connectivity index (χ0n) is 10.1. The van der Waals surface area contributed by atoms with Crippen LogP contribution in [0.1, 0.15) is 24.3 Å². The predicted molar refractivity (Wildman–Crippen MR) is 65.4 cm³/mol. The van der Waals surface area contributed by atoms with E-state index in [-0.39, 0.29) is 18.7 Å². The molecule has 0 radical (unpaired) electrons. The molecule has 0 spiro atoms. The van der Waals surface area contributed by atoms with Gasteiger partial charge in [-0.2, -0.15) is 5.26 Å². The minimum Gasteiger partial charge on any atom is -0.441 e. The van der Waals surface area contributed by atoms with E-state index in [9.17, 15) is 4.79 Å². The summed E-state index contributed by atoms with van der Waals surface area (Å²) in [5, 5.41) is 11.1. The van der Waals surface area contributed by atoms with Gasteiger partial charge in [0.25, 0.3) is 0 Å². The van der Waals surface area contributed by atoms with Gasteiger partial charge in [0, 0.05) is 26.3 Å². The van der Waals surface area contributed by atoms with Crippen LogP contribution in [0.5, 0.6) is 0 Å². The second-order valence-electron chi connectivity index (χ2n) is 3.97. The Bertz CT molecular complexity index is 610. The van der Waals surface area contributed by atoms with E-state index in [1.165, 1.54) is 0 Å². The van der Waals surface area contributed by atoms with Crippen molar-refractivity contribution in [1.29, 1.82) is 5.26 Å². The molecule has 5 nitrogen and oxygen atoms in total. The Morgan fingerprint density at radius 2 is 2.39 bits per heavy atom. The number of aryl methyl sites for hydroxylation is 1. The number of benzene rings is 1. The molecule has 0 aliphatic heterocycles. The summed E-state index contributed by atoms with van der Waals surface area (Å²) in [4.78, 5) is 15.6. The highest BCUT2D eigenvalue weighted by molar-refractivity contribution is 5.77. The lowest BCUT2D eigenvalue weighted by Gasteiger charge is -2.03. The Morgan fingerprint density at radius 1 is 1.56 bits per heavy atom. The maximum atomic E-state index is 11.3. The van der Waals surface area contributed by atoms with Gasteiger partial charge in [0.2, 0.25) is 5.91 Å². The largest absolute Gasteiger partial charge is 0.441 e. The number of amides is 1. The molecule has 1 amide bonds. The van der Waals surface area contributed by atoms with Crippen LogP contribution < -0.4 is 5.32 Å². The highest BCUT2D eigenvalue weighted by Crippen LogP contribution is 2.16. The van der Waals surface area contributed by atoms with Crippen LogP contribution in [-0.4, -0.2) is 10.9 Å². The minimum absolute atomic E-state index is 0.118. The number of carbonyl (C=O) groups excluding carboxylic acids is 1. The fraction of sp³-hybridized carbons (Fsp3) is 0.308. The molecule has 92 valence electrons. The topological polar surface area (TPSA) is 78.9 Å². The number of carbonyl (C=O) groups is 1. The number of oxazole rings is 1. The fourth-order valence-corrected chi connectivity index (χ4v) is 1.66. The van der Waals surface area contributed by atoms with E-state index in [1.807, 2.05) is 24.3 Å². The average molecular weight is 243 g/mol. The van der Waals surface area contributed by atoms with Gasteiger partial charge in [0.1, 0.15) is 5.52 Å². The van der Waals surface area contributed by atoms with Gasteiger partial charge in [-0.15, -0.1) is 0 Å². The van der Waals surface area contributed by atoms with Gasteiger partial charge in [0.15, 0.2) is 11.5 Å². The van der Waals surface area contributed by atoms with Crippen LogP contribution in [0.3, 0.4) is 0 Å². The fourth-order valence-electron chi connectivity index (χ4n) is 1.66. The Morgan fingerprint density at radius 3 is 3.17 bits per heavy atom. The van der Waals surface area contributed by atoms with Crippen LogP contribution in [0.2, 0.25) is 0 Å². The Balaban J connectivity index is 1.99. The molecule has 0 aliphatic rings. The van der Waals surface area contributed by atoms with Crippen LogP contribution in [0, 0.1) is 18.3 Å². The van der Waals surface area contributed by atoms with Crippen LogP contribution in [0.15, 0.2) is 22.6 Å². The molecule has 0 aliphatic carbocycles. The third kappa shape index (κ3) is 2.86. The maximum absolute atomic E-state index is 11.3. The van der Waals surface area contributed by atoms with Crippen LogP contribution in [0.25, 0.3) is 11.1 Å². The van der Waals surface area contributed by atoms with Crippen molar-refractivity contribution in [3.63, 3.8) is 0 Å². The van der Waals surface area contributed by atoms with Crippen molar-refractivity contribution in [2.75, 3.05) is 0 Å². The third-order valence-electron chi connectivity index (χ3n) is 2.51. The molecule has 1 N–H and O–H groups in total. The molecule has 2 rings (SSSR count). The number of nitrogens with one attached hydrogen (secondary N) is 1. The van der Waals surface area contributed by atoms with Gasteiger partial charge >= 0.3 is 0 Å². The van der Waals surface area contributed by atoms with Crippen molar-refractivity contribution < 1.29 is 9.21 Å². The summed E-state index contributed by atoms with van der Waals surface area (Å²) >= 11 is 0. The highest BCUT2D eigenvalue weighted by Gasteiger charge is 2.04. The number of nitriles is 1. The van der Waals surface area contributed by atoms with E-state index in [0.717, 1.165) is 16.7 Å². The van der Waals surface area contributed by atoms with Crippen molar-refractivity contribution in [2.45, 2.75) is 26.3 Å². The molecule has 1 aromatic carbocycles. The predicted octanol–water partition coefficient (Wildman–Crippen LogP) is 2.06. The molecule has 5 heteroatoms. The van der Waals surface area contributed by atoms with E-state index in [4.69, 9.17) is 9.68 Å². The monoisotopic (exact) mass is 243 g/mol. The molecular weight excluding hydrogens is 230 g/mol. The average Bonchev–Trinajstić information content (AvgIpc) is 2.73. The molecule has 0 unspecified atom stereocenters.